The summed E-state index contributed by atoms with van der Waals surface area (Å²) in [6.45, 7) is 14.4. The molecular formula is C48H82O19. The highest BCUT2D eigenvalue weighted by molar-refractivity contribution is 5.31. The molecule has 3 heterocycles. The molecule has 0 aromatic rings. The molecule has 3 saturated carbocycles. The maximum Gasteiger partial charge on any atom is 0.187 e. The minimum absolute atomic E-state index is 0.0795. The molecule has 0 spiro atoms. The van der Waals surface area contributed by atoms with E-state index >= 15 is 0 Å². The summed E-state index contributed by atoms with van der Waals surface area (Å²) in [5.74, 6) is 0.678. The van der Waals surface area contributed by atoms with Gasteiger partial charge in [0.05, 0.1) is 43.7 Å². The van der Waals surface area contributed by atoms with E-state index in [4.69, 9.17) is 28.4 Å². The molecular weight excluding hydrogens is 881 g/mol. The van der Waals surface area contributed by atoms with E-state index in [1.807, 2.05) is 0 Å². The molecule has 13 N–H and O–H groups in total. The van der Waals surface area contributed by atoms with Crippen molar-refractivity contribution in [3.05, 3.63) is 11.6 Å². The van der Waals surface area contributed by atoms with Crippen LogP contribution in [0.1, 0.15) is 107 Å². The Kier molecular flexibility index (Phi) is 15.9. The first-order valence-electron chi connectivity index (χ1n) is 24.5. The molecule has 0 amide bonds. The third kappa shape index (κ3) is 9.24. The zero-order valence-corrected chi connectivity index (χ0v) is 40.3. The minimum Gasteiger partial charge on any atom is -0.394 e. The molecule has 7 aliphatic rings. The second-order valence-corrected chi connectivity index (χ2v) is 23.1. The lowest BCUT2D eigenvalue weighted by molar-refractivity contribution is -0.380. The molecule has 67 heavy (non-hydrogen) atoms. The molecule has 0 radical (unpaired) electrons. The van der Waals surface area contributed by atoms with E-state index in [0.29, 0.717) is 19.3 Å². The van der Waals surface area contributed by atoms with Gasteiger partial charge in [0.15, 0.2) is 18.9 Å². The highest BCUT2D eigenvalue weighted by Crippen LogP contribution is 2.75. The van der Waals surface area contributed by atoms with Crippen molar-refractivity contribution in [1.82, 2.24) is 0 Å². The summed E-state index contributed by atoms with van der Waals surface area (Å²) in [5.41, 5.74) is -1.32. The first-order chi connectivity index (χ1) is 31.2. The summed E-state index contributed by atoms with van der Waals surface area (Å²) in [6.07, 6.45) is -19.2. The monoisotopic (exact) mass is 963 g/mol. The first-order valence-corrected chi connectivity index (χ1v) is 24.5. The number of aliphatic hydroxyl groups is 13. The van der Waals surface area contributed by atoms with Crippen molar-refractivity contribution in [2.45, 2.75) is 223 Å². The van der Waals surface area contributed by atoms with Crippen LogP contribution in [0.2, 0.25) is 0 Å². The van der Waals surface area contributed by atoms with Crippen molar-refractivity contribution in [3.63, 3.8) is 0 Å². The Bertz CT molecular complexity index is 1710. The topological polar surface area (TPSA) is 318 Å². The highest BCUT2D eigenvalue weighted by atomic mass is 16.8. The molecule has 7 rings (SSSR count). The number of rotatable bonds is 14. The first kappa shape index (κ1) is 53.8. The van der Waals surface area contributed by atoms with Crippen LogP contribution in [0.15, 0.2) is 11.6 Å². The quantitative estimate of drug-likeness (QED) is 0.0924. The van der Waals surface area contributed by atoms with E-state index in [9.17, 15) is 66.4 Å². The maximum absolute atomic E-state index is 12.4. The molecule has 3 saturated heterocycles. The fourth-order valence-corrected chi connectivity index (χ4v) is 14.1. The largest absolute Gasteiger partial charge is 0.394 e. The summed E-state index contributed by atoms with van der Waals surface area (Å²) in [7, 11) is 0. The second-order valence-electron chi connectivity index (χ2n) is 23.1. The Labute approximate surface area is 393 Å². The summed E-state index contributed by atoms with van der Waals surface area (Å²) in [4.78, 5) is 0. The Morgan fingerprint density at radius 2 is 1.24 bits per heavy atom. The van der Waals surface area contributed by atoms with Crippen LogP contribution < -0.4 is 0 Å². The van der Waals surface area contributed by atoms with E-state index in [-0.39, 0.29) is 51.8 Å². The van der Waals surface area contributed by atoms with Gasteiger partial charge in [0.1, 0.15) is 73.2 Å². The van der Waals surface area contributed by atoms with Gasteiger partial charge < -0.3 is 94.8 Å². The van der Waals surface area contributed by atoms with Gasteiger partial charge in [0.25, 0.3) is 0 Å². The van der Waals surface area contributed by atoms with Crippen molar-refractivity contribution >= 4 is 0 Å². The maximum atomic E-state index is 12.4. The number of fused-ring (bicyclic) bond motifs is 5. The Morgan fingerprint density at radius 1 is 0.672 bits per heavy atom. The fourth-order valence-electron chi connectivity index (χ4n) is 14.1. The van der Waals surface area contributed by atoms with Crippen LogP contribution in [0, 0.1) is 45.3 Å². The van der Waals surface area contributed by atoms with Crippen molar-refractivity contribution in [1.29, 1.82) is 0 Å². The Hall–Kier alpha value is -1.02. The fraction of sp³-hybridized carbons (Fsp3) is 0.958. The van der Waals surface area contributed by atoms with Gasteiger partial charge in [-0.1, -0.05) is 53.2 Å². The van der Waals surface area contributed by atoms with Gasteiger partial charge in [-0.25, -0.2) is 0 Å². The van der Waals surface area contributed by atoms with Crippen molar-refractivity contribution in [2.24, 2.45) is 45.3 Å². The third-order valence-electron chi connectivity index (χ3n) is 18.7. The van der Waals surface area contributed by atoms with Crippen molar-refractivity contribution in [2.75, 3.05) is 19.8 Å². The normalized spacial score (nSPS) is 51.0. The van der Waals surface area contributed by atoms with E-state index in [2.05, 4.69) is 47.6 Å². The lowest BCUT2D eigenvalue weighted by Crippen LogP contribution is -2.65. The van der Waals surface area contributed by atoms with E-state index < -0.39 is 136 Å². The van der Waals surface area contributed by atoms with E-state index in [1.54, 1.807) is 13.8 Å². The van der Waals surface area contributed by atoms with Gasteiger partial charge in [-0.3, -0.25) is 0 Å². The number of aliphatic hydroxyl groups excluding tert-OH is 12. The lowest BCUT2D eigenvalue weighted by atomic mass is 9.38. The van der Waals surface area contributed by atoms with Crippen molar-refractivity contribution < 1.29 is 94.8 Å². The van der Waals surface area contributed by atoms with Crippen LogP contribution in [-0.2, 0) is 28.4 Å². The van der Waals surface area contributed by atoms with Gasteiger partial charge in [-0.05, 0) is 99.7 Å². The predicted molar refractivity (Wildman–Crippen MR) is 235 cm³/mol. The van der Waals surface area contributed by atoms with Gasteiger partial charge in [-0.15, -0.1) is 0 Å². The minimum atomic E-state index is -1.90. The zero-order valence-electron chi connectivity index (χ0n) is 40.3. The SMILES string of the molecule is C[C@H](CC[C@@H](O[C@@H]1O[C@H](COC2O[C@H](CO)[C@@H](O)[C@H](O)[C@H]2O)[C@@H](O)[C@H](O)[C@H]1O[C@@H]1O[C@H](CO)[C@@H](O)[C@H](O)[C@H]1O)C(C)(C)O)C1CC[C@@]2(C)C3CC=C4C(CC[C@H](O)C4(C)C)[C@]3(C)[C@H](O)C[C@]12C. The number of hydrogen-bond donors (Lipinski definition) is 13. The number of allylic oxidation sites excluding steroid dienone is 1. The molecule has 4 unspecified atom stereocenters. The summed E-state index contributed by atoms with van der Waals surface area (Å²) in [5, 5.41) is 141. The van der Waals surface area contributed by atoms with Crippen LogP contribution in [0.5, 0.6) is 0 Å². The Morgan fingerprint density at radius 3 is 1.84 bits per heavy atom. The van der Waals surface area contributed by atoms with E-state index in [0.717, 1.165) is 25.7 Å². The number of ether oxygens (including phenoxy) is 6. The summed E-state index contributed by atoms with van der Waals surface area (Å²) >= 11 is 0. The average Bonchev–Trinajstić information content (AvgIpc) is 3.54. The van der Waals surface area contributed by atoms with Gasteiger partial charge in [0, 0.05) is 10.8 Å². The van der Waals surface area contributed by atoms with Crippen LogP contribution in [0.3, 0.4) is 0 Å². The van der Waals surface area contributed by atoms with E-state index in [1.165, 1.54) is 5.57 Å². The molecule has 0 bridgehead atoms. The standard InChI is InChI=1S/C48H82O19/c1-21(22-15-16-46(6)28-12-10-23-24(11-13-29(51)44(23,2)3)48(28,8)30(52)17-47(22,46)7)9-14-31(45(4,5)61)66-43-40(67-42-39(60)36(57)33(54)26(19-50)64-42)37(58)34(55)27(65-43)20-62-41-38(59)35(56)32(53)25(18-49)63-41/h10,21-22,24-43,49-61H,9,11-20H2,1-8H3/t21-,22?,24?,25-,26-,27-,28?,29+,30-,31-,32-,33-,34-,35+,36+,37+,38-,39-,40-,41?,42+,43+,46+,47-,48+/m1/s1. The molecule has 19 heteroatoms. The third-order valence-corrected chi connectivity index (χ3v) is 18.7. The summed E-state index contributed by atoms with van der Waals surface area (Å²) < 4.78 is 35.5. The second kappa shape index (κ2) is 19.8. The van der Waals surface area contributed by atoms with Crippen molar-refractivity contribution in [3.8, 4) is 0 Å². The molecule has 3 aliphatic heterocycles. The van der Waals surface area contributed by atoms with Crippen LogP contribution in [0.4, 0.5) is 0 Å². The van der Waals surface area contributed by atoms with Crippen LogP contribution in [-0.4, -0.2) is 202 Å². The lowest BCUT2D eigenvalue weighted by Gasteiger charge is -2.67. The van der Waals surface area contributed by atoms with Gasteiger partial charge >= 0.3 is 0 Å². The van der Waals surface area contributed by atoms with Gasteiger partial charge in [0.2, 0.25) is 0 Å². The number of hydrogen-bond acceptors (Lipinski definition) is 19. The molecule has 6 fully saturated rings. The molecule has 388 valence electrons. The van der Waals surface area contributed by atoms with Gasteiger partial charge in [-0.2, -0.15) is 0 Å². The zero-order chi connectivity index (χ0) is 49.5. The molecule has 4 aliphatic carbocycles. The Balaban J connectivity index is 1.10. The molecule has 25 atom stereocenters. The summed E-state index contributed by atoms with van der Waals surface area (Å²) in [6, 6.07) is 0. The predicted octanol–water partition coefficient (Wildman–Crippen LogP) is -1.06. The molecule has 0 aromatic carbocycles. The highest BCUT2D eigenvalue weighted by Gasteiger charge is 2.70. The molecule has 19 nitrogen and oxygen atoms in total. The average molecular weight is 963 g/mol. The molecule has 0 aromatic heterocycles. The smallest absolute Gasteiger partial charge is 0.187 e. The van der Waals surface area contributed by atoms with Crippen LogP contribution >= 0.6 is 0 Å². The van der Waals surface area contributed by atoms with Crippen LogP contribution in [0.25, 0.3) is 0 Å².